The first-order chi connectivity index (χ1) is 11.3. The van der Waals surface area contributed by atoms with Gasteiger partial charge in [-0.1, -0.05) is 38.0 Å². The first kappa shape index (κ1) is 16.0. The molecule has 0 saturated carbocycles. The van der Waals surface area contributed by atoms with Crippen molar-refractivity contribution >= 4 is 28.2 Å². The molecule has 0 fully saturated rings. The van der Waals surface area contributed by atoms with Crippen molar-refractivity contribution in [3.63, 3.8) is 0 Å². The number of rotatable bonds is 3. The van der Waals surface area contributed by atoms with E-state index in [1.165, 1.54) is 36.3 Å². The largest absolute Gasteiger partial charge is 0.325 e. The first-order valence-corrected chi connectivity index (χ1v) is 9.22. The third kappa shape index (κ3) is 4.10. The number of hydrogen-bond acceptors (Lipinski definition) is 3. The molecule has 5 heteroatoms. The minimum Gasteiger partial charge on any atom is -0.307 e. The summed E-state index contributed by atoms with van der Waals surface area (Å²) >= 11 is 1.62. The predicted molar refractivity (Wildman–Crippen MR) is 96.5 cm³/mol. The summed E-state index contributed by atoms with van der Waals surface area (Å²) < 4.78 is 0. The summed E-state index contributed by atoms with van der Waals surface area (Å²) in [6, 6.07) is 7.67. The Hall–Kier alpha value is -1.88. The molecule has 2 N–H and O–H groups in total. The number of para-hydroxylation sites is 1. The lowest BCUT2D eigenvalue weighted by Crippen LogP contribution is -2.20. The number of benzene rings is 1. The summed E-state index contributed by atoms with van der Waals surface area (Å²) in [7, 11) is 0. The second-order valence-electron chi connectivity index (χ2n) is 5.89. The minimum atomic E-state index is -0.215. The summed E-state index contributed by atoms with van der Waals surface area (Å²) in [6.45, 7) is 2.08. The van der Waals surface area contributed by atoms with Crippen molar-refractivity contribution in [1.29, 1.82) is 0 Å². The average molecular weight is 329 g/mol. The van der Waals surface area contributed by atoms with Gasteiger partial charge in [-0.15, -0.1) is 11.3 Å². The smallest absolute Gasteiger partial charge is 0.307 e. The Labute approximate surface area is 141 Å². The topological polar surface area (TPSA) is 54.0 Å². The van der Waals surface area contributed by atoms with E-state index in [9.17, 15) is 4.79 Å². The Morgan fingerprint density at radius 1 is 1.13 bits per heavy atom. The molecule has 0 bridgehead atoms. The summed E-state index contributed by atoms with van der Waals surface area (Å²) in [5.41, 5.74) is 3.18. The van der Waals surface area contributed by atoms with Gasteiger partial charge in [-0.05, 0) is 43.7 Å². The molecule has 2 aromatic rings. The quantitative estimate of drug-likeness (QED) is 0.832. The zero-order valence-corrected chi connectivity index (χ0v) is 14.3. The summed E-state index contributed by atoms with van der Waals surface area (Å²) in [6.07, 6.45) is 8.03. The molecule has 23 heavy (non-hydrogen) atoms. The number of nitrogens with one attached hydrogen (secondary N) is 2. The Morgan fingerprint density at radius 3 is 2.74 bits per heavy atom. The number of anilines is 2. The Morgan fingerprint density at radius 2 is 1.91 bits per heavy atom. The molecule has 1 aromatic heterocycles. The molecule has 2 amide bonds. The van der Waals surface area contributed by atoms with E-state index in [1.807, 2.05) is 24.3 Å². The molecule has 0 saturated heterocycles. The van der Waals surface area contributed by atoms with Gasteiger partial charge in [-0.2, -0.15) is 0 Å². The zero-order chi connectivity index (χ0) is 16.1. The molecule has 0 atom stereocenters. The molecule has 1 heterocycles. The maximum atomic E-state index is 12.2. The lowest BCUT2D eigenvalue weighted by atomic mass is 10.0. The van der Waals surface area contributed by atoms with E-state index < -0.39 is 0 Å². The lowest BCUT2D eigenvalue weighted by Gasteiger charge is -2.09. The van der Waals surface area contributed by atoms with Crippen LogP contribution in [-0.2, 0) is 19.3 Å². The Balaban J connectivity index is 1.67. The number of aromatic nitrogens is 1. The maximum absolute atomic E-state index is 12.2. The number of aryl methyl sites for hydroxylation is 3. The van der Waals surface area contributed by atoms with Crippen LogP contribution < -0.4 is 10.6 Å². The van der Waals surface area contributed by atoms with Crippen molar-refractivity contribution < 1.29 is 4.79 Å². The molecule has 3 rings (SSSR count). The van der Waals surface area contributed by atoms with Crippen LogP contribution in [0.4, 0.5) is 15.6 Å². The zero-order valence-electron chi connectivity index (χ0n) is 13.5. The van der Waals surface area contributed by atoms with Crippen LogP contribution in [0, 0.1) is 0 Å². The van der Waals surface area contributed by atoms with E-state index in [0.717, 1.165) is 30.5 Å². The normalized spacial score (nSPS) is 14.5. The van der Waals surface area contributed by atoms with E-state index >= 15 is 0 Å². The average Bonchev–Trinajstić information content (AvgIpc) is 2.88. The standard InChI is InChI=1S/C18H23N3OS/c1-2-13-9-7-8-10-14(13)19-17(22)21-18-20-15-11-5-3-4-6-12-16(15)23-18/h7-10H,2-6,11-12H2,1H3,(H2,19,20,21,22). The molecule has 0 radical (unpaired) electrons. The number of carbonyl (C=O) groups is 1. The van der Waals surface area contributed by atoms with Crippen LogP contribution in [0.3, 0.4) is 0 Å². The Bertz CT molecular complexity index is 655. The van der Waals surface area contributed by atoms with Gasteiger partial charge in [0.15, 0.2) is 5.13 Å². The van der Waals surface area contributed by atoms with Crippen LogP contribution in [-0.4, -0.2) is 11.0 Å². The highest BCUT2D eigenvalue weighted by atomic mass is 32.1. The fourth-order valence-corrected chi connectivity index (χ4v) is 4.01. The van der Waals surface area contributed by atoms with Crippen LogP contribution >= 0.6 is 11.3 Å². The lowest BCUT2D eigenvalue weighted by molar-refractivity contribution is 0.262. The van der Waals surface area contributed by atoms with Crippen LogP contribution in [0.5, 0.6) is 0 Å². The third-order valence-corrected chi connectivity index (χ3v) is 5.29. The van der Waals surface area contributed by atoms with Gasteiger partial charge in [0.25, 0.3) is 0 Å². The molecule has 4 nitrogen and oxygen atoms in total. The highest BCUT2D eigenvalue weighted by Gasteiger charge is 2.15. The maximum Gasteiger partial charge on any atom is 0.325 e. The second-order valence-corrected chi connectivity index (χ2v) is 6.98. The van der Waals surface area contributed by atoms with E-state index in [-0.39, 0.29) is 6.03 Å². The Kier molecular flexibility index (Phi) is 5.28. The third-order valence-electron chi connectivity index (χ3n) is 4.21. The summed E-state index contributed by atoms with van der Waals surface area (Å²) in [5.74, 6) is 0. The highest BCUT2D eigenvalue weighted by Crippen LogP contribution is 2.28. The van der Waals surface area contributed by atoms with Gasteiger partial charge in [0.05, 0.1) is 5.69 Å². The van der Waals surface area contributed by atoms with E-state index in [1.54, 1.807) is 11.3 Å². The van der Waals surface area contributed by atoms with E-state index in [2.05, 4.69) is 22.5 Å². The van der Waals surface area contributed by atoms with Crippen molar-refractivity contribution in [1.82, 2.24) is 4.98 Å². The van der Waals surface area contributed by atoms with Gasteiger partial charge < -0.3 is 5.32 Å². The number of hydrogen-bond donors (Lipinski definition) is 2. The summed E-state index contributed by atoms with van der Waals surface area (Å²) in [4.78, 5) is 18.2. The molecule has 0 unspecified atom stereocenters. The molecule has 122 valence electrons. The molecule has 1 aromatic carbocycles. The molecule has 1 aliphatic carbocycles. The highest BCUT2D eigenvalue weighted by molar-refractivity contribution is 7.15. The fraction of sp³-hybridized carbons (Fsp3) is 0.444. The molecular weight excluding hydrogens is 306 g/mol. The number of carbonyl (C=O) groups excluding carboxylic acids is 1. The van der Waals surface area contributed by atoms with Gasteiger partial charge in [-0.3, -0.25) is 5.32 Å². The number of urea groups is 1. The van der Waals surface area contributed by atoms with E-state index in [0.29, 0.717) is 5.13 Å². The molecule has 1 aliphatic rings. The van der Waals surface area contributed by atoms with Gasteiger partial charge in [0, 0.05) is 10.6 Å². The molecule has 0 aliphatic heterocycles. The molecular formula is C18H23N3OS. The monoisotopic (exact) mass is 329 g/mol. The van der Waals surface area contributed by atoms with Crippen LogP contribution in [0.25, 0.3) is 0 Å². The van der Waals surface area contributed by atoms with Gasteiger partial charge in [-0.25, -0.2) is 9.78 Å². The number of nitrogens with zero attached hydrogens (tertiary/aromatic N) is 1. The predicted octanol–water partition coefficient (Wildman–Crippen LogP) is 5.01. The van der Waals surface area contributed by atoms with Crippen LogP contribution in [0.15, 0.2) is 24.3 Å². The van der Waals surface area contributed by atoms with Crippen molar-refractivity contribution in [2.45, 2.75) is 51.9 Å². The second kappa shape index (κ2) is 7.59. The SMILES string of the molecule is CCc1ccccc1NC(=O)Nc1nc2c(s1)CCCCCC2. The van der Waals surface area contributed by atoms with Crippen LogP contribution in [0.1, 0.15) is 48.7 Å². The number of thiazole rings is 1. The van der Waals surface area contributed by atoms with Crippen molar-refractivity contribution in [3.05, 3.63) is 40.4 Å². The fourth-order valence-electron chi connectivity index (χ4n) is 2.96. The van der Waals surface area contributed by atoms with E-state index in [4.69, 9.17) is 0 Å². The molecule has 0 spiro atoms. The van der Waals surface area contributed by atoms with Crippen molar-refractivity contribution in [3.8, 4) is 0 Å². The van der Waals surface area contributed by atoms with Crippen LogP contribution in [0.2, 0.25) is 0 Å². The first-order valence-electron chi connectivity index (χ1n) is 8.40. The van der Waals surface area contributed by atoms with Gasteiger partial charge in [0.2, 0.25) is 0 Å². The number of amides is 2. The van der Waals surface area contributed by atoms with Gasteiger partial charge in [0.1, 0.15) is 0 Å². The number of fused-ring (bicyclic) bond motifs is 1. The van der Waals surface area contributed by atoms with Crippen molar-refractivity contribution in [2.75, 3.05) is 10.6 Å². The minimum absolute atomic E-state index is 0.215. The van der Waals surface area contributed by atoms with Gasteiger partial charge >= 0.3 is 6.03 Å². The van der Waals surface area contributed by atoms with Crippen molar-refractivity contribution in [2.24, 2.45) is 0 Å². The summed E-state index contributed by atoms with van der Waals surface area (Å²) in [5, 5.41) is 6.54.